The van der Waals surface area contributed by atoms with E-state index >= 15 is 0 Å². The molecule has 20 heavy (non-hydrogen) atoms. The molecule has 0 aliphatic rings. The highest BCUT2D eigenvalue weighted by molar-refractivity contribution is 7.89. The second-order valence-electron chi connectivity index (χ2n) is 5.55. The van der Waals surface area contributed by atoms with E-state index in [1.165, 1.54) is 6.07 Å². The van der Waals surface area contributed by atoms with Crippen LogP contribution in [0.5, 0.6) is 0 Å². The Morgan fingerprint density at radius 3 is 2.30 bits per heavy atom. The molecule has 3 N–H and O–H groups in total. The number of nitrogens with two attached hydrogens (primary N) is 1. The maximum Gasteiger partial charge on any atom is 0.252 e. The number of sulfonamides is 1. The Morgan fingerprint density at radius 2 is 1.85 bits per heavy atom. The summed E-state index contributed by atoms with van der Waals surface area (Å²) in [6, 6.07) is 2.41. The van der Waals surface area contributed by atoms with Gasteiger partial charge in [0.2, 0.25) is 10.0 Å². The molecule has 0 saturated carbocycles. The quantitative estimate of drug-likeness (QED) is 0.886. The van der Waals surface area contributed by atoms with Gasteiger partial charge in [0.15, 0.2) is 0 Å². The second-order valence-corrected chi connectivity index (χ2v) is 7.90. The Morgan fingerprint density at radius 1 is 1.30 bits per heavy atom. The van der Waals surface area contributed by atoms with Gasteiger partial charge in [-0.05, 0) is 17.5 Å². The number of nitrogens with one attached hydrogen (secondary N) is 1. The Kier molecular flexibility index (Phi) is 5.08. The van der Waals surface area contributed by atoms with E-state index < -0.39 is 15.9 Å². The number of hydrogen-bond donors (Lipinski definition) is 2. The summed E-state index contributed by atoms with van der Waals surface area (Å²) in [7, 11) is -4.05. The van der Waals surface area contributed by atoms with E-state index in [-0.39, 0.29) is 25.9 Å². The molecule has 0 aromatic heterocycles. The summed E-state index contributed by atoms with van der Waals surface area (Å²) in [5.41, 5.74) is -0.142. The van der Waals surface area contributed by atoms with E-state index in [9.17, 15) is 13.2 Å². The Labute approximate surface area is 128 Å². The normalized spacial score (nSPS) is 12.3. The van der Waals surface area contributed by atoms with Gasteiger partial charge in [0, 0.05) is 11.6 Å². The fourth-order valence-electron chi connectivity index (χ4n) is 1.38. The van der Waals surface area contributed by atoms with Crippen molar-refractivity contribution in [1.82, 2.24) is 5.32 Å². The number of benzene rings is 1. The molecule has 0 aliphatic carbocycles. The average Bonchev–Trinajstić information content (AvgIpc) is 2.26. The highest BCUT2D eigenvalue weighted by Crippen LogP contribution is 2.28. The second kappa shape index (κ2) is 5.89. The van der Waals surface area contributed by atoms with Crippen molar-refractivity contribution in [3.63, 3.8) is 0 Å². The van der Waals surface area contributed by atoms with Crippen LogP contribution >= 0.6 is 23.2 Å². The summed E-state index contributed by atoms with van der Waals surface area (Å²) in [5, 5.41) is 7.54. The van der Waals surface area contributed by atoms with Crippen LogP contribution in [-0.4, -0.2) is 20.9 Å². The van der Waals surface area contributed by atoms with E-state index in [1.807, 2.05) is 20.8 Å². The van der Waals surface area contributed by atoms with Crippen LogP contribution in [0, 0.1) is 5.41 Å². The summed E-state index contributed by atoms with van der Waals surface area (Å²) >= 11 is 11.7. The van der Waals surface area contributed by atoms with Gasteiger partial charge in [-0.25, -0.2) is 13.6 Å². The van der Waals surface area contributed by atoms with Gasteiger partial charge < -0.3 is 5.32 Å². The topological polar surface area (TPSA) is 89.3 Å². The molecule has 112 valence electrons. The van der Waals surface area contributed by atoms with Crippen molar-refractivity contribution in [3.05, 3.63) is 27.7 Å². The van der Waals surface area contributed by atoms with Crippen molar-refractivity contribution in [2.45, 2.75) is 25.7 Å². The van der Waals surface area contributed by atoms with E-state index in [0.29, 0.717) is 6.54 Å². The first-order valence-corrected chi connectivity index (χ1v) is 8.02. The predicted octanol–water partition coefficient (Wildman–Crippen LogP) is 2.42. The smallest absolute Gasteiger partial charge is 0.252 e. The zero-order valence-electron chi connectivity index (χ0n) is 11.3. The number of primary sulfonamides is 1. The van der Waals surface area contributed by atoms with Crippen LogP contribution in [0.2, 0.25) is 10.0 Å². The zero-order chi connectivity index (χ0) is 15.7. The van der Waals surface area contributed by atoms with Gasteiger partial charge in [-0.15, -0.1) is 0 Å². The van der Waals surface area contributed by atoms with E-state index in [2.05, 4.69) is 5.32 Å². The summed E-state index contributed by atoms with van der Waals surface area (Å²) in [6.07, 6.45) is 0. The molecular weight excluding hydrogens is 323 g/mol. The molecule has 0 radical (unpaired) electrons. The Balaban J connectivity index is 3.20. The van der Waals surface area contributed by atoms with E-state index in [4.69, 9.17) is 28.3 Å². The summed E-state index contributed by atoms with van der Waals surface area (Å²) < 4.78 is 22.8. The minimum absolute atomic E-state index is 0.0209. The van der Waals surface area contributed by atoms with Crippen LogP contribution in [0.4, 0.5) is 0 Å². The molecule has 0 heterocycles. The molecule has 0 atom stereocenters. The van der Waals surface area contributed by atoms with Crippen LogP contribution in [-0.2, 0) is 10.0 Å². The van der Waals surface area contributed by atoms with Gasteiger partial charge in [-0.3, -0.25) is 4.79 Å². The molecule has 1 amide bonds. The molecule has 1 aromatic carbocycles. The van der Waals surface area contributed by atoms with Crippen molar-refractivity contribution in [2.24, 2.45) is 10.6 Å². The van der Waals surface area contributed by atoms with Gasteiger partial charge in [0.25, 0.3) is 5.91 Å². The number of carbonyl (C=O) groups is 1. The number of carbonyl (C=O) groups excluding carboxylic acids is 1. The van der Waals surface area contributed by atoms with E-state index in [0.717, 1.165) is 6.07 Å². The maximum atomic E-state index is 12.1. The molecule has 5 nitrogen and oxygen atoms in total. The van der Waals surface area contributed by atoms with Gasteiger partial charge >= 0.3 is 0 Å². The first-order chi connectivity index (χ1) is 8.92. The molecule has 1 rings (SSSR count). The first-order valence-electron chi connectivity index (χ1n) is 5.72. The van der Waals surface area contributed by atoms with Crippen molar-refractivity contribution < 1.29 is 13.2 Å². The van der Waals surface area contributed by atoms with Crippen molar-refractivity contribution in [3.8, 4) is 0 Å². The third kappa shape index (κ3) is 4.63. The lowest BCUT2D eigenvalue weighted by Crippen LogP contribution is -2.32. The van der Waals surface area contributed by atoms with Crippen LogP contribution in [0.3, 0.4) is 0 Å². The van der Waals surface area contributed by atoms with Crippen LogP contribution in [0.25, 0.3) is 0 Å². The molecule has 0 fully saturated rings. The average molecular weight is 339 g/mol. The monoisotopic (exact) mass is 338 g/mol. The van der Waals surface area contributed by atoms with E-state index in [1.54, 1.807) is 0 Å². The molecule has 0 saturated heterocycles. The fraction of sp³-hybridized carbons (Fsp3) is 0.417. The van der Waals surface area contributed by atoms with Gasteiger partial charge in [0.1, 0.15) is 4.90 Å². The molecule has 8 heteroatoms. The number of hydrogen-bond acceptors (Lipinski definition) is 3. The minimum atomic E-state index is -4.05. The highest BCUT2D eigenvalue weighted by Gasteiger charge is 2.22. The molecule has 0 aliphatic heterocycles. The van der Waals surface area contributed by atoms with Crippen molar-refractivity contribution >= 4 is 39.1 Å². The highest BCUT2D eigenvalue weighted by atomic mass is 35.5. The minimum Gasteiger partial charge on any atom is -0.351 e. The third-order valence-electron chi connectivity index (χ3n) is 2.33. The largest absolute Gasteiger partial charge is 0.351 e. The number of rotatable bonds is 3. The zero-order valence-corrected chi connectivity index (χ0v) is 13.7. The fourth-order valence-corrected chi connectivity index (χ4v) is 2.83. The first kappa shape index (κ1) is 17.2. The molecule has 0 spiro atoms. The lowest BCUT2D eigenvalue weighted by Gasteiger charge is -2.19. The molecule has 0 bridgehead atoms. The van der Waals surface area contributed by atoms with Gasteiger partial charge in [0.05, 0.1) is 10.6 Å². The number of halogens is 2. The van der Waals surface area contributed by atoms with Crippen LogP contribution in [0.1, 0.15) is 31.1 Å². The van der Waals surface area contributed by atoms with Crippen molar-refractivity contribution in [1.29, 1.82) is 0 Å². The Hall–Kier alpha value is -0.820. The Bertz CT molecular complexity index is 637. The van der Waals surface area contributed by atoms with Crippen molar-refractivity contribution in [2.75, 3.05) is 6.54 Å². The summed E-state index contributed by atoms with van der Waals surface area (Å²) in [4.78, 5) is 11.7. The van der Waals surface area contributed by atoms with Crippen LogP contribution < -0.4 is 10.5 Å². The number of amides is 1. The van der Waals surface area contributed by atoms with Gasteiger partial charge in [-0.1, -0.05) is 44.0 Å². The van der Waals surface area contributed by atoms with Gasteiger partial charge in [-0.2, -0.15) is 0 Å². The standard InChI is InChI=1S/C12H16Cl2N2O3S/c1-12(2,3)6-16-11(17)8-4-7(13)5-9(10(8)14)20(15,18)19/h4-5H,6H2,1-3H3,(H,16,17)(H2,15,18,19). The maximum absolute atomic E-state index is 12.1. The predicted molar refractivity (Wildman–Crippen MR) is 79.6 cm³/mol. The van der Waals surface area contributed by atoms with Crippen LogP contribution in [0.15, 0.2) is 17.0 Å². The molecular formula is C12H16Cl2N2O3S. The summed E-state index contributed by atoms with van der Waals surface area (Å²) in [6.45, 7) is 6.24. The lowest BCUT2D eigenvalue weighted by molar-refractivity contribution is 0.0939. The summed E-state index contributed by atoms with van der Waals surface area (Å²) in [5.74, 6) is -0.502. The molecule has 0 unspecified atom stereocenters. The third-order valence-corrected chi connectivity index (χ3v) is 4.01. The molecule has 1 aromatic rings. The lowest BCUT2D eigenvalue weighted by atomic mass is 9.97. The SMILES string of the molecule is CC(C)(C)CNC(=O)c1cc(Cl)cc(S(N)(=O)=O)c1Cl.